The fraction of sp³-hybridized carbons (Fsp3) is 0.600. The Bertz CT molecular complexity index is 533. The van der Waals surface area contributed by atoms with Crippen molar-refractivity contribution in [1.82, 2.24) is 0 Å². The van der Waals surface area contributed by atoms with Gasteiger partial charge in [0.05, 0.1) is 4.75 Å². The fourth-order valence-electron chi connectivity index (χ4n) is 2.02. The van der Waals surface area contributed by atoms with Gasteiger partial charge in [0.15, 0.2) is 9.84 Å². The molecule has 1 aromatic rings. The molecule has 19 heavy (non-hydrogen) atoms. The molecule has 0 aliphatic heterocycles. The van der Waals surface area contributed by atoms with Gasteiger partial charge in [0.2, 0.25) is 0 Å². The molecule has 0 heterocycles. The Morgan fingerprint density at radius 2 is 1.84 bits per heavy atom. The summed E-state index contributed by atoms with van der Waals surface area (Å²) >= 11 is 0. The first-order valence-electron chi connectivity index (χ1n) is 6.59. The lowest BCUT2D eigenvalue weighted by Crippen LogP contribution is -2.42. The molecule has 1 atom stereocenters. The van der Waals surface area contributed by atoms with E-state index in [0.717, 1.165) is 12.0 Å². The van der Waals surface area contributed by atoms with Crippen LogP contribution in [0.3, 0.4) is 0 Å². The second-order valence-electron chi connectivity index (χ2n) is 6.20. The first-order valence-corrected chi connectivity index (χ1v) is 8.49. The van der Waals surface area contributed by atoms with E-state index < -0.39 is 20.6 Å². The molecule has 0 bridgehead atoms. The molecule has 4 heteroatoms. The summed E-state index contributed by atoms with van der Waals surface area (Å²) in [4.78, 5) is 0. The molecule has 0 aliphatic carbocycles. The van der Waals surface area contributed by atoms with Crippen LogP contribution >= 0.6 is 0 Å². The van der Waals surface area contributed by atoms with E-state index in [9.17, 15) is 8.42 Å². The summed E-state index contributed by atoms with van der Waals surface area (Å²) < 4.78 is 22.7. The van der Waals surface area contributed by atoms with Gasteiger partial charge in [0.25, 0.3) is 0 Å². The quantitative estimate of drug-likeness (QED) is 0.904. The van der Waals surface area contributed by atoms with Crippen LogP contribution in [0.5, 0.6) is 0 Å². The maximum Gasteiger partial charge on any atom is 0.154 e. The Kier molecular flexibility index (Phi) is 4.80. The highest BCUT2D eigenvalue weighted by Gasteiger charge is 2.37. The average molecular weight is 283 g/mol. The van der Waals surface area contributed by atoms with E-state index in [1.807, 2.05) is 18.2 Å². The Hall–Kier alpha value is -0.870. The van der Waals surface area contributed by atoms with Crippen LogP contribution in [0, 0.1) is 5.92 Å². The molecule has 0 amide bonds. The smallest absolute Gasteiger partial charge is 0.154 e. The molecule has 1 rings (SSSR count). The molecule has 0 spiro atoms. The van der Waals surface area contributed by atoms with Crippen LogP contribution in [0.25, 0.3) is 0 Å². The van der Waals surface area contributed by atoms with Crippen LogP contribution < -0.4 is 5.73 Å². The SMILES string of the molecule is CC(C)Cc1cccc(C(N)C(C)(C)S(C)(=O)=O)c1. The third kappa shape index (κ3) is 3.80. The van der Waals surface area contributed by atoms with E-state index >= 15 is 0 Å². The number of rotatable bonds is 5. The Morgan fingerprint density at radius 3 is 2.32 bits per heavy atom. The first kappa shape index (κ1) is 16.2. The molecule has 108 valence electrons. The van der Waals surface area contributed by atoms with Crippen LogP contribution in [0.1, 0.15) is 44.9 Å². The summed E-state index contributed by atoms with van der Waals surface area (Å²) in [6.45, 7) is 7.68. The maximum absolute atomic E-state index is 11.9. The van der Waals surface area contributed by atoms with Crippen molar-refractivity contribution in [3.63, 3.8) is 0 Å². The normalized spacial score (nSPS) is 14.7. The van der Waals surface area contributed by atoms with Crippen molar-refractivity contribution in [3.8, 4) is 0 Å². The van der Waals surface area contributed by atoms with Gasteiger partial charge in [-0.3, -0.25) is 0 Å². The molecule has 0 fully saturated rings. The van der Waals surface area contributed by atoms with Gasteiger partial charge in [-0.05, 0) is 37.3 Å². The molecule has 0 saturated carbocycles. The van der Waals surface area contributed by atoms with Crippen molar-refractivity contribution in [1.29, 1.82) is 0 Å². The van der Waals surface area contributed by atoms with E-state index in [1.54, 1.807) is 13.8 Å². The highest BCUT2D eigenvalue weighted by atomic mass is 32.2. The van der Waals surface area contributed by atoms with Crippen LogP contribution in [0.2, 0.25) is 0 Å². The predicted octanol–water partition coefficient (Wildman–Crippen LogP) is 2.71. The topological polar surface area (TPSA) is 60.2 Å². The molecule has 0 radical (unpaired) electrons. The van der Waals surface area contributed by atoms with Crippen molar-refractivity contribution >= 4 is 9.84 Å². The third-order valence-electron chi connectivity index (χ3n) is 3.66. The number of hydrogen-bond donors (Lipinski definition) is 1. The summed E-state index contributed by atoms with van der Waals surface area (Å²) in [6, 6.07) is 7.42. The summed E-state index contributed by atoms with van der Waals surface area (Å²) in [5, 5.41) is 0. The van der Waals surface area contributed by atoms with Gasteiger partial charge in [-0.25, -0.2) is 8.42 Å². The predicted molar refractivity (Wildman–Crippen MR) is 80.8 cm³/mol. The minimum Gasteiger partial charge on any atom is -0.323 e. The minimum atomic E-state index is -3.21. The molecule has 2 N–H and O–H groups in total. The van der Waals surface area contributed by atoms with Crippen molar-refractivity contribution in [3.05, 3.63) is 35.4 Å². The molecule has 0 aliphatic rings. The summed E-state index contributed by atoms with van der Waals surface area (Å²) in [5.41, 5.74) is 8.26. The maximum atomic E-state index is 11.9. The van der Waals surface area contributed by atoms with E-state index in [4.69, 9.17) is 5.73 Å². The lowest BCUT2D eigenvalue weighted by molar-refractivity contribution is 0.496. The average Bonchev–Trinajstić information content (AvgIpc) is 2.25. The zero-order valence-electron chi connectivity index (χ0n) is 12.5. The van der Waals surface area contributed by atoms with Crippen molar-refractivity contribution in [2.75, 3.05) is 6.26 Å². The minimum absolute atomic E-state index is 0.519. The molecule has 3 nitrogen and oxygen atoms in total. The second-order valence-corrected chi connectivity index (χ2v) is 8.79. The highest BCUT2D eigenvalue weighted by Crippen LogP contribution is 2.30. The zero-order chi connectivity index (χ0) is 14.8. The van der Waals surface area contributed by atoms with Gasteiger partial charge < -0.3 is 5.73 Å². The van der Waals surface area contributed by atoms with Crippen molar-refractivity contribution in [2.24, 2.45) is 11.7 Å². The Labute approximate surface area is 117 Å². The number of benzene rings is 1. The number of sulfone groups is 1. The van der Waals surface area contributed by atoms with Crippen LogP contribution in [0.4, 0.5) is 0 Å². The van der Waals surface area contributed by atoms with E-state index in [0.29, 0.717) is 5.92 Å². The number of hydrogen-bond acceptors (Lipinski definition) is 3. The monoisotopic (exact) mass is 283 g/mol. The van der Waals surface area contributed by atoms with Gasteiger partial charge in [-0.15, -0.1) is 0 Å². The lowest BCUT2D eigenvalue weighted by Gasteiger charge is -2.30. The van der Waals surface area contributed by atoms with Gasteiger partial charge in [-0.1, -0.05) is 38.1 Å². The third-order valence-corrected chi connectivity index (χ3v) is 5.82. The largest absolute Gasteiger partial charge is 0.323 e. The molecule has 0 aromatic heterocycles. The zero-order valence-corrected chi connectivity index (χ0v) is 13.3. The Balaban J connectivity index is 3.10. The van der Waals surface area contributed by atoms with Crippen molar-refractivity contribution in [2.45, 2.75) is 44.9 Å². The fourth-order valence-corrected chi connectivity index (χ4v) is 2.61. The van der Waals surface area contributed by atoms with Crippen LogP contribution in [-0.4, -0.2) is 19.4 Å². The molecular formula is C15H25NO2S. The highest BCUT2D eigenvalue weighted by molar-refractivity contribution is 7.92. The van der Waals surface area contributed by atoms with Gasteiger partial charge in [0, 0.05) is 12.3 Å². The van der Waals surface area contributed by atoms with E-state index in [2.05, 4.69) is 19.9 Å². The van der Waals surface area contributed by atoms with Crippen LogP contribution in [-0.2, 0) is 16.3 Å². The summed E-state index contributed by atoms with van der Waals surface area (Å²) in [6.07, 6.45) is 2.21. The van der Waals surface area contributed by atoms with Gasteiger partial charge in [-0.2, -0.15) is 0 Å². The first-order chi connectivity index (χ1) is 8.55. The van der Waals surface area contributed by atoms with E-state index in [1.165, 1.54) is 11.8 Å². The molecule has 1 unspecified atom stereocenters. The van der Waals surface area contributed by atoms with E-state index in [-0.39, 0.29) is 0 Å². The molecular weight excluding hydrogens is 258 g/mol. The van der Waals surface area contributed by atoms with Crippen molar-refractivity contribution < 1.29 is 8.42 Å². The van der Waals surface area contributed by atoms with Gasteiger partial charge >= 0.3 is 0 Å². The van der Waals surface area contributed by atoms with Gasteiger partial charge in [0.1, 0.15) is 0 Å². The number of nitrogens with two attached hydrogens (primary N) is 1. The summed E-state index contributed by atoms with van der Waals surface area (Å²) in [7, 11) is -3.21. The molecule has 0 saturated heterocycles. The Morgan fingerprint density at radius 1 is 1.26 bits per heavy atom. The van der Waals surface area contributed by atoms with Crippen LogP contribution in [0.15, 0.2) is 24.3 Å². The lowest BCUT2D eigenvalue weighted by atomic mass is 9.93. The standard InChI is InChI=1S/C15H25NO2S/c1-11(2)9-12-7-6-8-13(10-12)14(16)15(3,4)19(5,17)18/h6-8,10-11,14H,9,16H2,1-5H3. The second kappa shape index (κ2) is 5.63. The molecule has 1 aromatic carbocycles. The summed E-state index contributed by atoms with van der Waals surface area (Å²) in [5.74, 6) is 0.564.